The first-order valence-corrected chi connectivity index (χ1v) is 10.5. The lowest BCUT2D eigenvalue weighted by atomic mass is 10.0. The molecule has 1 aliphatic rings. The summed E-state index contributed by atoms with van der Waals surface area (Å²) in [5.74, 6) is 1.08. The quantitative estimate of drug-likeness (QED) is 0.644. The monoisotopic (exact) mass is 442 g/mol. The highest BCUT2D eigenvalue weighted by Crippen LogP contribution is 2.33. The second-order valence-corrected chi connectivity index (χ2v) is 7.77. The second kappa shape index (κ2) is 10.8. The number of hydrogen-bond donors (Lipinski definition) is 1. The fourth-order valence-corrected chi connectivity index (χ4v) is 3.43. The highest BCUT2D eigenvalue weighted by molar-refractivity contribution is 6.03. The Morgan fingerprint density at radius 2 is 2.00 bits per heavy atom. The van der Waals surface area contributed by atoms with Gasteiger partial charge in [-0.25, -0.2) is 9.80 Å². The summed E-state index contributed by atoms with van der Waals surface area (Å²) in [5.41, 5.74) is 1.66. The van der Waals surface area contributed by atoms with E-state index in [0.29, 0.717) is 18.8 Å². The van der Waals surface area contributed by atoms with Gasteiger partial charge >= 0.3 is 6.03 Å². The highest BCUT2D eigenvalue weighted by Gasteiger charge is 2.36. The van der Waals surface area contributed by atoms with Crippen molar-refractivity contribution >= 4 is 17.6 Å². The molecule has 9 heteroatoms. The molecule has 1 aromatic heterocycles. The summed E-state index contributed by atoms with van der Waals surface area (Å²) in [6, 6.07) is 10.4. The van der Waals surface area contributed by atoms with Crippen LogP contribution in [0.1, 0.15) is 37.6 Å². The minimum Gasteiger partial charge on any atom is -0.497 e. The number of nitrogens with zero attached hydrogens (tertiary/aromatic N) is 3. The summed E-state index contributed by atoms with van der Waals surface area (Å²) in [6.45, 7) is 4.22. The van der Waals surface area contributed by atoms with Crippen molar-refractivity contribution in [3.05, 3.63) is 54.0 Å². The molecule has 2 heterocycles. The lowest BCUT2D eigenvalue weighted by Gasteiger charge is -2.26. The molecule has 1 aromatic carbocycles. The molecule has 0 radical (unpaired) electrons. The number of amides is 3. The van der Waals surface area contributed by atoms with E-state index in [9.17, 15) is 9.59 Å². The molecule has 3 amide bonds. The first-order chi connectivity index (χ1) is 15.4. The van der Waals surface area contributed by atoms with E-state index in [4.69, 9.17) is 13.9 Å². The third-order valence-electron chi connectivity index (χ3n) is 5.05. The zero-order chi connectivity index (χ0) is 23.1. The molecule has 0 saturated carbocycles. The normalized spacial score (nSPS) is 15.6. The second-order valence-electron chi connectivity index (χ2n) is 7.77. The van der Waals surface area contributed by atoms with Crippen LogP contribution in [0.3, 0.4) is 0 Å². The molecule has 1 atom stereocenters. The van der Waals surface area contributed by atoms with Crippen LogP contribution in [0.5, 0.6) is 5.75 Å². The Morgan fingerprint density at radius 3 is 2.59 bits per heavy atom. The predicted molar refractivity (Wildman–Crippen MR) is 120 cm³/mol. The van der Waals surface area contributed by atoms with Crippen molar-refractivity contribution in [3.8, 4) is 5.75 Å². The van der Waals surface area contributed by atoms with Gasteiger partial charge in [-0.2, -0.15) is 5.10 Å². The molecule has 1 aliphatic heterocycles. The van der Waals surface area contributed by atoms with Crippen molar-refractivity contribution in [2.24, 2.45) is 5.10 Å². The SMILES string of the molecule is COCCN(CC(=O)N1N=C(c2ccc(OC)cc2)CC1c1ccco1)C(=O)NC(C)C. The van der Waals surface area contributed by atoms with Gasteiger partial charge in [0.2, 0.25) is 0 Å². The molecule has 0 aliphatic carbocycles. The average Bonchev–Trinajstić information content (AvgIpc) is 3.46. The van der Waals surface area contributed by atoms with Gasteiger partial charge in [0.05, 0.1) is 25.7 Å². The number of nitrogens with one attached hydrogen (secondary N) is 1. The van der Waals surface area contributed by atoms with Gasteiger partial charge in [0, 0.05) is 26.1 Å². The number of methoxy groups -OCH3 is 2. The smallest absolute Gasteiger partial charge is 0.318 e. The van der Waals surface area contributed by atoms with Crippen LogP contribution in [0.15, 0.2) is 52.2 Å². The number of carbonyl (C=O) groups is 2. The lowest BCUT2D eigenvalue weighted by molar-refractivity contribution is -0.134. The third kappa shape index (κ3) is 5.67. The van der Waals surface area contributed by atoms with Crippen LogP contribution >= 0.6 is 0 Å². The summed E-state index contributed by atoms with van der Waals surface area (Å²) in [6.07, 6.45) is 2.08. The minimum absolute atomic E-state index is 0.0509. The van der Waals surface area contributed by atoms with Gasteiger partial charge in [0.15, 0.2) is 0 Å². The standard InChI is InChI=1S/C23H30N4O5/c1-16(2)24-23(29)26(11-13-30-3)15-22(28)27-20(21-6-5-12-32-21)14-19(25-27)17-7-9-18(31-4)10-8-17/h5-10,12,16,20H,11,13-15H2,1-4H3,(H,24,29). The van der Waals surface area contributed by atoms with E-state index in [2.05, 4.69) is 10.4 Å². The van der Waals surface area contributed by atoms with Crippen molar-refractivity contribution in [2.75, 3.05) is 33.9 Å². The number of rotatable bonds is 9. The Balaban J connectivity index is 1.83. The van der Waals surface area contributed by atoms with Crippen molar-refractivity contribution < 1.29 is 23.5 Å². The van der Waals surface area contributed by atoms with Gasteiger partial charge in [-0.05, 0) is 55.8 Å². The highest BCUT2D eigenvalue weighted by atomic mass is 16.5. The van der Waals surface area contributed by atoms with E-state index in [1.807, 2.05) is 44.2 Å². The molecule has 172 valence electrons. The van der Waals surface area contributed by atoms with E-state index < -0.39 is 0 Å². The summed E-state index contributed by atoms with van der Waals surface area (Å²) in [4.78, 5) is 27.3. The van der Waals surface area contributed by atoms with Gasteiger partial charge in [0.1, 0.15) is 24.1 Å². The molecule has 2 aromatic rings. The number of carbonyl (C=O) groups excluding carboxylic acids is 2. The van der Waals surface area contributed by atoms with Gasteiger partial charge in [0.25, 0.3) is 5.91 Å². The van der Waals surface area contributed by atoms with Crippen LogP contribution in [0.4, 0.5) is 4.79 Å². The zero-order valence-electron chi connectivity index (χ0n) is 18.9. The maximum absolute atomic E-state index is 13.3. The number of hydrogen-bond acceptors (Lipinski definition) is 6. The van der Waals surface area contributed by atoms with E-state index in [1.165, 1.54) is 9.91 Å². The Hall–Kier alpha value is -3.33. The molecule has 1 unspecified atom stereocenters. The van der Waals surface area contributed by atoms with Gasteiger partial charge in [-0.3, -0.25) is 4.79 Å². The van der Waals surface area contributed by atoms with E-state index in [0.717, 1.165) is 17.0 Å². The van der Waals surface area contributed by atoms with Crippen molar-refractivity contribution in [2.45, 2.75) is 32.4 Å². The van der Waals surface area contributed by atoms with Crippen LogP contribution in [-0.2, 0) is 9.53 Å². The van der Waals surface area contributed by atoms with Crippen LogP contribution in [-0.4, -0.2) is 67.5 Å². The minimum atomic E-state index is -0.382. The fraction of sp³-hybridized carbons (Fsp3) is 0.435. The van der Waals surface area contributed by atoms with Crippen molar-refractivity contribution in [1.82, 2.24) is 15.2 Å². The predicted octanol–water partition coefficient (Wildman–Crippen LogP) is 3.03. The van der Waals surface area contributed by atoms with Crippen LogP contribution < -0.4 is 10.1 Å². The number of urea groups is 1. The molecular formula is C23H30N4O5. The molecule has 3 rings (SSSR count). The zero-order valence-corrected chi connectivity index (χ0v) is 18.9. The molecule has 0 fully saturated rings. The average molecular weight is 443 g/mol. The summed E-state index contributed by atoms with van der Waals surface area (Å²) in [5, 5.41) is 8.86. The largest absolute Gasteiger partial charge is 0.497 e. The van der Waals surface area contributed by atoms with Crippen molar-refractivity contribution in [3.63, 3.8) is 0 Å². The first kappa shape index (κ1) is 23.3. The van der Waals surface area contributed by atoms with Crippen LogP contribution in [0, 0.1) is 0 Å². The summed E-state index contributed by atoms with van der Waals surface area (Å²) in [7, 11) is 3.17. The van der Waals surface area contributed by atoms with Gasteiger partial charge in [-0.15, -0.1) is 0 Å². The Labute approximate surface area is 188 Å². The number of benzene rings is 1. The Kier molecular flexibility index (Phi) is 7.88. The van der Waals surface area contributed by atoms with Crippen LogP contribution in [0.25, 0.3) is 0 Å². The Bertz CT molecular complexity index is 924. The third-order valence-corrected chi connectivity index (χ3v) is 5.05. The Morgan fingerprint density at radius 1 is 1.25 bits per heavy atom. The topological polar surface area (TPSA) is 96.6 Å². The fourth-order valence-electron chi connectivity index (χ4n) is 3.43. The molecule has 9 nitrogen and oxygen atoms in total. The molecule has 1 N–H and O–H groups in total. The molecule has 32 heavy (non-hydrogen) atoms. The van der Waals surface area contributed by atoms with Gasteiger partial charge < -0.3 is 24.1 Å². The molecule has 0 spiro atoms. The number of hydrazone groups is 1. The number of furan rings is 1. The maximum Gasteiger partial charge on any atom is 0.318 e. The van der Waals surface area contributed by atoms with Crippen LogP contribution in [0.2, 0.25) is 0 Å². The summed E-state index contributed by atoms with van der Waals surface area (Å²) < 4.78 is 15.9. The maximum atomic E-state index is 13.3. The molecule has 0 saturated heterocycles. The first-order valence-electron chi connectivity index (χ1n) is 10.5. The van der Waals surface area contributed by atoms with E-state index >= 15 is 0 Å². The molecular weight excluding hydrogens is 412 g/mol. The molecule has 0 bridgehead atoms. The van der Waals surface area contributed by atoms with E-state index in [1.54, 1.807) is 26.5 Å². The van der Waals surface area contributed by atoms with E-state index in [-0.39, 0.29) is 37.1 Å². The van der Waals surface area contributed by atoms with Gasteiger partial charge in [-0.1, -0.05) is 0 Å². The van der Waals surface area contributed by atoms with Crippen molar-refractivity contribution in [1.29, 1.82) is 0 Å². The number of ether oxygens (including phenoxy) is 2. The summed E-state index contributed by atoms with van der Waals surface area (Å²) >= 11 is 0. The lowest BCUT2D eigenvalue weighted by Crippen LogP contribution is -2.48.